The van der Waals surface area contributed by atoms with Crippen LogP contribution in [0.3, 0.4) is 0 Å². The van der Waals surface area contributed by atoms with E-state index in [0.717, 1.165) is 28.4 Å². The zero-order valence-electron chi connectivity index (χ0n) is 16.3. The van der Waals surface area contributed by atoms with Gasteiger partial charge in [0.05, 0.1) is 0 Å². The lowest BCUT2D eigenvalue weighted by molar-refractivity contribution is 0.126. The van der Waals surface area contributed by atoms with Crippen LogP contribution < -0.4 is 0 Å². The Bertz CT molecular complexity index is 146. The maximum Gasteiger partial charge on any atom is 0.199 e. The first-order valence-electron chi connectivity index (χ1n) is 10.2. The van der Waals surface area contributed by atoms with Crippen LogP contribution in [0.2, 0.25) is 10.6 Å². The highest BCUT2D eigenvalue weighted by Crippen LogP contribution is 2.02. The molecule has 0 N–H and O–H groups in total. The van der Waals surface area contributed by atoms with E-state index in [9.17, 15) is 0 Å². The van der Waals surface area contributed by atoms with E-state index in [-0.39, 0.29) is 0 Å². The normalized spacial score (nSPS) is 10.2. The minimum atomic E-state index is 0.818. The first-order valence-corrected chi connectivity index (χ1v) is 11.9. The van der Waals surface area contributed by atoms with Gasteiger partial charge >= 0.3 is 0 Å². The van der Waals surface area contributed by atoms with Crippen molar-refractivity contribution in [1.82, 2.24) is 0 Å². The molecule has 0 unspecified atom stereocenters. The highest BCUT2D eigenvalue weighted by atomic mass is 27.1. The van der Waals surface area contributed by atoms with Gasteiger partial charge in [-0.1, -0.05) is 91.9 Å². The highest BCUT2D eigenvalue weighted by Gasteiger charge is 1.90. The van der Waals surface area contributed by atoms with Crippen molar-refractivity contribution in [2.24, 2.45) is 0 Å². The molecule has 0 aromatic rings. The fourth-order valence-electron chi connectivity index (χ4n) is 2.21. The van der Waals surface area contributed by atoms with Gasteiger partial charge in [-0.05, 0) is 12.8 Å². The van der Waals surface area contributed by atoms with Crippen LogP contribution >= 0.6 is 0 Å². The number of unbranched alkanes of at least 4 members (excludes halogenated alkanes) is 8. The Morgan fingerprint density at radius 2 is 0.909 bits per heavy atom. The van der Waals surface area contributed by atoms with Gasteiger partial charge in [-0.2, -0.15) is 0 Å². The lowest BCUT2D eigenvalue weighted by Gasteiger charge is -2.03. The number of ether oxygens (including phenoxy) is 1. The molecule has 0 fully saturated rings. The molecule has 1 radical (unpaired) electrons. The fourth-order valence-corrected chi connectivity index (χ4v) is 3.89. The van der Waals surface area contributed by atoms with Crippen LogP contribution in [-0.2, 0) is 4.74 Å². The lowest BCUT2D eigenvalue weighted by atomic mass is 10.2. The van der Waals surface area contributed by atoms with E-state index in [4.69, 9.17) is 4.74 Å². The standard InChI is InChI=1S/C12H26O.2C4H9.Al/c1-3-5-7-9-11-13-12-10-8-6-4-2;2*1-3-4-2;/h3-12H2,1-2H3;2*1,3-4H2,2H3;. The lowest BCUT2D eigenvalue weighted by Crippen LogP contribution is -1.96. The van der Waals surface area contributed by atoms with Gasteiger partial charge in [-0.25, -0.2) is 0 Å². The minimum absolute atomic E-state index is 0.818. The number of rotatable bonds is 16. The third-order valence-corrected chi connectivity index (χ3v) is 5.44. The first-order chi connectivity index (χ1) is 10.8. The highest BCUT2D eigenvalue weighted by molar-refractivity contribution is 6.35. The number of hydrogen-bond donors (Lipinski definition) is 0. The van der Waals surface area contributed by atoms with E-state index in [2.05, 4.69) is 27.7 Å². The van der Waals surface area contributed by atoms with Gasteiger partial charge in [-0.15, -0.1) is 10.6 Å². The molecular weight excluding hydrogens is 283 g/mol. The Hall–Kier alpha value is 0.492. The molecule has 0 saturated heterocycles. The maximum absolute atomic E-state index is 5.53. The van der Waals surface area contributed by atoms with Crippen molar-refractivity contribution in [3.8, 4) is 0 Å². The summed E-state index contributed by atoms with van der Waals surface area (Å²) in [5.41, 5.74) is 0. The van der Waals surface area contributed by atoms with E-state index >= 15 is 0 Å². The Morgan fingerprint density at radius 3 is 1.27 bits per heavy atom. The predicted octanol–water partition coefficient (Wildman–Crippen LogP) is 7.29. The zero-order valence-corrected chi connectivity index (χ0v) is 17.5. The second kappa shape index (κ2) is 26.4. The zero-order chi connectivity index (χ0) is 16.7. The van der Waals surface area contributed by atoms with Crippen LogP contribution in [0.5, 0.6) is 0 Å². The molecule has 0 saturated carbocycles. The summed E-state index contributed by atoms with van der Waals surface area (Å²) in [6.45, 7) is 11.0. The van der Waals surface area contributed by atoms with Crippen molar-refractivity contribution >= 4 is 15.2 Å². The van der Waals surface area contributed by atoms with Crippen molar-refractivity contribution in [3.05, 3.63) is 0 Å². The summed E-state index contributed by atoms with van der Waals surface area (Å²) in [5, 5.41) is 3.08. The molecule has 133 valence electrons. The second-order valence-electron chi connectivity index (χ2n) is 6.31. The average Bonchev–Trinajstić information content (AvgIpc) is 2.54. The van der Waals surface area contributed by atoms with Crippen molar-refractivity contribution in [3.63, 3.8) is 0 Å². The van der Waals surface area contributed by atoms with E-state index in [1.165, 1.54) is 87.6 Å². The summed E-state index contributed by atoms with van der Waals surface area (Å²) in [4.78, 5) is 0. The Labute approximate surface area is 148 Å². The SMILES string of the molecule is CCCCCCOCCCCCC.CCC[CH2][Al][CH2]CCC. The third-order valence-electron chi connectivity index (χ3n) is 3.81. The minimum Gasteiger partial charge on any atom is -0.381 e. The van der Waals surface area contributed by atoms with Crippen molar-refractivity contribution < 1.29 is 4.74 Å². The van der Waals surface area contributed by atoms with Crippen LogP contribution in [0, 0.1) is 0 Å². The van der Waals surface area contributed by atoms with Gasteiger partial charge in [0, 0.05) is 13.2 Å². The molecule has 0 amide bonds. The first kappa shape index (κ1) is 24.7. The summed E-state index contributed by atoms with van der Waals surface area (Å²) < 4.78 is 5.53. The van der Waals surface area contributed by atoms with Gasteiger partial charge in [0.25, 0.3) is 0 Å². The molecule has 0 heterocycles. The summed E-state index contributed by atoms with van der Waals surface area (Å²) in [5.74, 6) is 0. The quantitative estimate of drug-likeness (QED) is 0.213. The summed E-state index contributed by atoms with van der Waals surface area (Å²) >= 11 is 0.818. The van der Waals surface area contributed by atoms with Gasteiger partial charge < -0.3 is 4.74 Å². The van der Waals surface area contributed by atoms with Crippen LogP contribution in [0.15, 0.2) is 0 Å². The largest absolute Gasteiger partial charge is 0.381 e. The Morgan fingerprint density at radius 1 is 0.500 bits per heavy atom. The predicted molar refractivity (Wildman–Crippen MR) is 104 cm³/mol. The molecule has 0 aliphatic carbocycles. The monoisotopic (exact) mass is 327 g/mol. The molecule has 0 aromatic carbocycles. The van der Waals surface area contributed by atoms with E-state index in [1.807, 2.05) is 0 Å². The molecule has 0 aliphatic heterocycles. The average molecular weight is 328 g/mol. The molecule has 0 rings (SSSR count). The molecule has 1 nitrogen and oxygen atoms in total. The molecule has 0 atom stereocenters. The van der Waals surface area contributed by atoms with E-state index < -0.39 is 0 Å². The number of hydrogen-bond acceptors (Lipinski definition) is 1. The Kier molecular flexibility index (Phi) is 29.7. The summed E-state index contributed by atoms with van der Waals surface area (Å²) in [7, 11) is 0. The van der Waals surface area contributed by atoms with Crippen molar-refractivity contribution in [2.75, 3.05) is 13.2 Å². The molecule has 0 aliphatic rings. The van der Waals surface area contributed by atoms with Crippen molar-refractivity contribution in [2.45, 2.75) is 115 Å². The van der Waals surface area contributed by atoms with Gasteiger partial charge in [0.15, 0.2) is 15.2 Å². The summed E-state index contributed by atoms with van der Waals surface area (Å²) in [6, 6.07) is 0. The van der Waals surface area contributed by atoms with E-state index in [1.54, 1.807) is 0 Å². The van der Waals surface area contributed by atoms with Crippen molar-refractivity contribution in [1.29, 1.82) is 0 Å². The van der Waals surface area contributed by atoms with E-state index in [0.29, 0.717) is 0 Å². The molecular formula is C20H44AlO. The third kappa shape index (κ3) is 28.6. The second-order valence-corrected chi connectivity index (χ2v) is 8.04. The topological polar surface area (TPSA) is 9.23 Å². The van der Waals surface area contributed by atoms with Crippen LogP contribution in [0.4, 0.5) is 0 Å². The van der Waals surface area contributed by atoms with Crippen LogP contribution in [-0.4, -0.2) is 28.4 Å². The molecule has 0 aromatic heterocycles. The maximum atomic E-state index is 5.53. The molecule has 2 heteroatoms. The van der Waals surface area contributed by atoms with Gasteiger partial charge in [-0.3, -0.25) is 0 Å². The molecule has 0 bridgehead atoms. The van der Waals surface area contributed by atoms with Crippen LogP contribution in [0.1, 0.15) is 105 Å². The van der Waals surface area contributed by atoms with Crippen LogP contribution in [0.25, 0.3) is 0 Å². The Balaban J connectivity index is 0. The molecule has 0 spiro atoms. The van der Waals surface area contributed by atoms with Gasteiger partial charge in [0.2, 0.25) is 0 Å². The summed E-state index contributed by atoms with van der Waals surface area (Å²) in [6.07, 6.45) is 16.3. The molecule has 22 heavy (non-hydrogen) atoms. The smallest absolute Gasteiger partial charge is 0.199 e. The van der Waals surface area contributed by atoms with Gasteiger partial charge in [0.1, 0.15) is 0 Å². The fraction of sp³-hybridized carbons (Fsp3) is 1.00.